The molecular weight excluding hydrogens is 278 g/mol. The molecule has 2 heterocycles. The number of sulfonamides is 1. The maximum absolute atomic E-state index is 12.2. The molecule has 7 heteroatoms. The average Bonchev–Trinajstić information content (AvgIpc) is 2.39. The predicted octanol–water partition coefficient (Wildman–Crippen LogP) is 1.31. The van der Waals surface area contributed by atoms with Crippen LogP contribution in [0.15, 0.2) is 18.5 Å². The zero-order valence-electron chi connectivity index (χ0n) is 11.9. The molecule has 6 nitrogen and oxygen atoms in total. The molecule has 1 aliphatic heterocycles. The van der Waals surface area contributed by atoms with Gasteiger partial charge in [0.2, 0.25) is 10.0 Å². The van der Waals surface area contributed by atoms with Crippen molar-refractivity contribution in [3.8, 4) is 6.01 Å². The van der Waals surface area contributed by atoms with Crippen LogP contribution in [-0.2, 0) is 10.0 Å². The Morgan fingerprint density at radius 3 is 2.75 bits per heavy atom. The fraction of sp³-hybridized carbons (Fsp3) is 0.692. The molecule has 1 fully saturated rings. The molecule has 0 saturated carbocycles. The Hall–Kier alpha value is -1.21. The Morgan fingerprint density at radius 1 is 1.40 bits per heavy atom. The molecule has 2 rings (SSSR count). The van der Waals surface area contributed by atoms with Gasteiger partial charge in [-0.15, -0.1) is 0 Å². The highest BCUT2D eigenvalue weighted by Crippen LogP contribution is 2.19. The van der Waals surface area contributed by atoms with Crippen LogP contribution < -0.4 is 4.74 Å². The van der Waals surface area contributed by atoms with Crippen LogP contribution >= 0.6 is 0 Å². The molecule has 1 aromatic heterocycles. The summed E-state index contributed by atoms with van der Waals surface area (Å²) in [6.45, 7) is 4.78. The number of ether oxygens (including phenoxy) is 1. The lowest BCUT2D eigenvalue weighted by Gasteiger charge is -2.31. The number of hydrogen-bond acceptors (Lipinski definition) is 5. The topological polar surface area (TPSA) is 72.4 Å². The van der Waals surface area contributed by atoms with Gasteiger partial charge in [0.05, 0.1) is 12.3 Å². The van der Waals surface area contributed by atoms with Crippen LogP contribution in [0.2, 0.25) is 0 Å². The summed E-state index contributed by atoms with van der Waals surface area (Å²) >= 11 is 0. The van der Waals surface area contributed by atoms with Crippen LogP contribution in [0.5, 0.6) is 6.01 Å². The van der Waals surface area contributed by atoms with Gasteiger partial charge in [-0.1, -0.05) is 13.8 Å². The van der Waals surface area contributed by atoms with E-state index in [9.17, 15) is 8.42 Å². The third-order valence-corrected chi connectivity index (χ3v) is 5.30. The molecule has 0 radical (unpaired) electrons. The molecular formula is C13H21N3O3S. The highest BCUT2D eigenvalue weighted by Gasteiger charge is 2.30. The molecule has 0 bridgehead atoms. The molecule has 1 aliphatic rings. The van der Waals surface area contributed by atoms with Crippen molar-refractivity contribution >= 4 is 10.0 Å². The van der Waals surface area contributed by atoms with Crippen molar-refractivity contribution in [1.82, 2.24) is 14.3 Å². The summed E-state index contributed by atoms with van der Waals surface area (Å²) in [7, 11) is -3.20. The van der Waals surface area contributed by atoms with Crippen LogP contribution in [0.25, 0.3) is 0 Å². The summed E-state index contributed by atoms with van der Waals surface area (Å²) in [5.41, 5.74) is 0. The molecule has 1 atom stereocenters. The largest absolute Gasteiger partial charge is 0.459 e. The standard InChI is InChI=1S/C13H21N3O3S/c1-11(2)10-20(17,18)16-8-3-5-12(9-16)19-13-14-6-4-7-15-13/h4,6-7,11-12H,3,5,8-10H2,1-2H3. The third kappa shape index (κ3) is 4.14. The molecule has 0 aromatic carbocycles. The van der Waals surface area contributed by atoms with Gasteiger partial charge in [-0.3, -0.25) is 0 Å². The minimum Gasteiger partial charge on any atom is -0.459 e. The fourth-order valence-electron chi connectivity index (χ4n) is 2.28. The Bertz CT molecular complexity index is 519. The summed E-state index contributed by atoms with van der Waals surface area (Å²) in [4.78, 5) is 8.01. The van der Waals surface area contributed by atoms with E-state index in [1.54, 1.807) is 18.5 Å². The fourth-order valence-corrected chi connectivity index (χ4v) is 4.13. The van der Waals surface area contributed by atoms with Gasteiger partial charge in [0.15, 0.2) is 0 Å². The molecule has 1 unspecified atom stereocenters. The number of rotatable bonds is 5. The third-order valence-electron chi connectivity index (χ3n) is 3.09. The van der Waals surface area contributed by atoms with Crippen LogP contribution in [0.4, 0.5) is 0 Å². The molecule has 0 amide bonds. The summed E-state index contributed by atoms with van der Waals surface area (Å²) in [6.07, 6.45) is 4.67. The van der Waals surface area contributed by atoms with Gasteiger partial charge < -0.3 is 4.74 Å². The number of nitrogens with zero attached hydrogens (tertiary/aromatic N) is 3. The van der Waals surface area contributed by atoms with E-state index in [1.165, 1.54) is 4.31 Å². The average molecular weight is 299 g/mol. The summed E-state index contributed by atoms with van der Waals surface area (Å²) in [6, 6.07) is 2.02. The maximum atomic E-state index is 12.2. The minimum absolute atomic E-state index is 0.124. The van der Waals surface area contributed by atoms with Gasteiger partial charge in [0, 0.05) is 18.9 Å². The zero-order valence-corrected chi connectivity index (χ0v) is 12.7. The first kappa shape index (κ1) is 15.2. The number of aromatic nitrogens is 2. The van der Waals surface area contributed by atoms with Crippen molar-refractivity contribution in [3.05, 3.63) is 18.5 Å². The van der Waals surface area contributed by atoms with Crippen LogP contribution in [-0.4, -0.2) is 47.6 Å². The second-order valence-electron chi connectivity index (χ2n) is 5.44. The van der Waals surface area contributed by atoms with Crippen LogP contribution in [0.1, 0.15) is 26.7 Å². The van der Waals surface area contributed by atoms with Gasteiger partial charge in [-0.25, -0.2) is 18.4 Å². The first-order valence-electron chi connectivity index (χ1n) is 6.89. The summed E-state index contributed by atoms with van der Waals surface area (Å²) in [5.74, 6) is 0.306. The lowest BCUT2D eigenvalue weighted by molar-refractivity contribution is 0.119. The first-order chi connectivity index (χ1) is 9.47. The molecule has 1 aromatic rings. The predicted molar refractivity (Wildman–Crippen MR) is 75.9 cm³/mol. The second kappa shape index (κ2) is 6.49. The SMILES string of the molecule is CC(C)CS(=O)(=O)N1CCCC(Oc2ncccn2)C1. The Kier molecular flexibility index (Phi) is 4.93. The summed E-state index contributed by atoms with van der Waals surface area (Å²) < 4.78 is 31.7. The number of hydrogen-bond donors (Lipinski definition) is 0. The minimum atomic E-state index is -3.20. The number of piperidine rings is 1. The lowest BCUT2D eigenvalue weighted by atomic mass is 10.1. The van der Waals surface area contributed by atoms with Crippen molar-refractivity contribution in [1.29, 1.82) is 0 Å². The molecule has 0 aliphatic carbocycles. The van der Waals surface area contributed by atoms with Gasteiger partial charge in [0.1, 0.15) is 6.10 Å². The molecule has 20 heavy (non-hydrogen) atoms. The van der Waals surface area contributed by atoms with E-state index in [1.807, 2.05) is 13.8 Å². The van der Waals surface area contributed by atoms with E-state index < -0.39 is 10.0 Å². The highest BCUT2D eigenvalue weighted by molar-refractivity contribution is 7.89. The first-order valence-corrected chi connectivity index (χ1v) is 8.50. The quantitative estimate of drug-likeness (QED) is 0.819. The van der Waals surface area contributed by atoms with Crippen LogP contribution in [0, 0.1) is 5.92 Å². The van der Waals surface area contributed by atoms with Crippen LogP contribution in [0.3, 0.4) is 0 Å². The van der Waals surface area contributed by atoms with Crippen molar-refractivity contribution in [2.24, 2.45) is 5.92 Å². The van der Waals surface area contributed by atoms with E-state index in [0.29, 0.717) is 19.1 Å². The lowest BCUT2D eigenvalue weighted by Crippen LogP contribution is -2.45. The van der Waals surface area contributed by atoms with Crippen molar-refractivity contribution < 1.29 is 13.2 Å². The zero-order chi connectivity index (χ0) is 14.6. The molecule has 112 valence electrons. The van der Waals surface area contributed by atoms with E-state index in [4.69, 9.17) is 4.74 Å². The van der Waals surface area contributed by atoms with Crippen molar-refractivity contribution in [2.75, 3.05) is 18.8 Å². The maximum Gasteiger partial charge on any atom is 0.316 e. The Morgan fingerprint density at radius 2 is 2.10 bits per heavy atom. The van der Waals surface area contributed by atoms with Gasteiger partial charge >= 0.3 is 6.01 Å². The highest BCUT2D eigenvalue weighted by atomic mass is 32.2. The van der Waals surface area contributed by atoms with Gasteiger partial charge in [0.25, 0.3) is 0 Å². The Labute approximate surface area is 120 Å². The van der Waals surface area contributed by atoms with Crippen molar-refractivity contribution in [2.45, 2.75) is 32.8 Å². The van der Waals surface area contributed by atoms with E-state index in [-0.39, 0.29) is 17.8 Å². The van der Waals surface area contributed by atoms with E-state index in [2.05, 4.69) is 9.97 Å². The monoisotopic (exact) mass is 299 g/mol. The van der Waals surface area contributed by atoms with Gasteiger partial charge in [-0.05, 0) is 24.8 Å². The molecule has 1 saturated heterocycles. The van der Waals surface area contributed by atoms with Crippen molar-refractivity contribution in [3.63, 3.8) is 0 Å². The second-order valence-corrected chi connectivity index (χ2v) is 7.46. The Balaban J connectivity index is 1.98. The molecule has 0 N–H and O–H groups in total. The smallest absolute Gasteiger partial charge is 0.316 e. The normalized spacial score (nSPS) is 21.1. The van der Waals surface area contributed by atoms with E-state index in [0.717, 1.165) is 12.8 Å². The van der Waals surface area contributed by atoms with E-state index >= 15 is 0 Å². The summed E-state index contributed by atoms with van der Waals surface area (Å²) in [5, 5.41) is 0. The molecule has 0 spiro atoms. The van der Waals surface area contributed by atoms with Gasteiger partial charge in [-0.2, -0.15) is 4.31 Å².